The molecule has 0 aromatic heterocycles. The summed E-state index contributed by atoms with van der Waals surface area (Å²) in [6.07, 6.45) is -2.68. The third kappa shape index (κ3) is 22.9. The maximum Gasteiger partial charge on any atom is 0.364 e. The van der Waals surface area contributed by atoms with Crippen LogP contribution in [0.4, 0.5) is 0 Å². The molecule has 3 aliphatic rings. The van der Waals surface area contributed by atoms with E-state index in [9.17, 15) is 75.7 Å². The molecule has 18 atom stereocenters. The van der Waals surface area contributed by atoms with E-state index >= 15 is 0 Å². The molecule has 0 radical (unpaired) electrons. The Morgan fingerprint density at radius 3 is 1.62 bits per heavy atom. The van der Waals surface area contributed by atoms with Crippen LogP contribution in [0.3, 0.4) is 0 Å². The summed E-state index contributed by atoms with van der Waals surface area (Å²) in [5.74, 6) is -6.10. The lowest BCUT2D eigenvalue weighted by Crippen LogP contribution is -2.70. The fraction of sp³-hybridized carbons (Fsp3) is 0.944. The Morgan fingerprint density at radius 1 is 0.623 bits per heavy atom. The first-order valence-corrected chi connectivity index (χ1v) is 28.9. The van der Waals surface area contributed by atoms with Gasteiger partial charge in [0.25, 0.3) is 5.79 Å². The van der Waals surface area contributed by atoms with E-state index in [4.69, 9.17) is 28.4 Å². The quantitative estimate of drug-likeness (QED) is 0.0385. The second kappa shape index (κ2) is 37.7. The van der Waals surface area contributed by atoms with Gasteiger partial charge in [-0.15, -0.1) is 0 Å². The predicted octanol–water partition coefficient (Wildman–Crippen LogP) is 1.44. The van der Waals surface area contributed by atoms with E-state index in [1.807, 2.05) is 0 Å². The van der Waals surface area contributed by atoms with Crippen molar-refractivity contribution in [2.75, 3.05) is 26.4 Å². The molecule has 0 spiro atoms. The summed E-state index contributed by atoms with van der Waals surface area (Å²) in [4.78, 5) is 38.2. The van der Waals surface area contributed by atoms with Gasteiger partial charge in [-0.25, -0.2) is 4.79 Å². The molecule has 452 valence electrons. The lowest BCUT2D eigenvalue weighted by atomic mass is 9.88. The van der Waals surface area contributed by atoms with E-state index in [0.717, 1.165) is 58.3 Å². The Kier molecular flexibility index (Phi) is 33.8. The van der Waals surface area contributed by atoms with Crippen molar-refractivity contribution in [3.05, 3.63) is 0 Å². The summed E-state index contributed by atoms with van der Waals surface area (Å²) in [7, 11) is 0. The van der Waals surface area contributed by atoms with Gasteiger partial charge in [0.2, 0.25) is 11.8 Å². The number of amides is 2. The smallest absolute Gasteiger partial charge is 0.364 e. The van der Waals surface area contributed by atoms with Crippen molar-refractivity contribution in [1.82, 2.24) is 10.6 Å². The van der Waals surface area contributed by atoms with E-state index in [-0.39, 0.29) is 18.9 Å². The van der Waals surface area contributed by atoms with E-state index in [2.05, 4.69) is 24.5 Å². The molecule has 77 heavy (non-hydrogen) atoms. The van der Waals surface area contributed by atoms with Gasteiger partial charge < -0.3 is 100 Å². The van der Waals surface area contributed by atoms with Crippen LogP contribution in [0, 0.1) is 0 Å². The highest BCUT2D eigenvalue weighted by Crippen LogP contribution is 2.38. The summed E-state index contributed by atoms with van der Waals surface area (Å²) in [5.41, 5.74) is 0. The van der Waals surface area contributed by atoms with Crippen molar-refractivity contribution < 1.29 is 104 Å². The normalized spacial score (nSPS) is 31.3. The van der Waals surface area contributed by atoms with Crippen LogP contribution in [0.2, 0.25) is 0 Å². The third-order valence-electron chi connectivity index (χ3n) is 15.1. The summed E-state index contributed by atoms with van der Waals surface area (Å²) in [5, 5.41) is 135. The van der Waals surface area contributed by atoms with Crippen LogP contribution >= 0.6 is 0 Å². The number of carboxylic acid groups (broad SMARTS) is 1. The number of carbonyl (C=O) groups is 3. The fourth-order valence-electron chi connectivity index (χ4n) is 10.4. The second-order valence-electron chi connectivity index (χ2n) is 21.5. The van der Waals surface area contributed by atoms with Gasteiger partial charge in [-0.05, 0) is 12.8 Å². The number of unbranched alkanes of at least 4 members (excludes halogenated alkanes) is 21. The average Bonchev–Trinajstić information content (AvgIpc) is 3.40. The summed E-state index contributed by atoms with van der Waals surface area (Å²) < 4.78 is 34.6. The zero-order chi connectivity index (χ0) is 56.9. The standard InChI is InChI=1S/C54H100N2O21/c1-4-6-8-10-12-14-15-16-17-18-20-21-23-25-27-36(61)35(56-41(64)28-26-24-22-19-13-11-9-7-5-2)33-72-51-46(68)45(67)48(40(32-59)74-51)75-52-47(69)50(44(66)39(31-58)73-52)77-54(53(70)71)29-37(62)42(55-34(3)60)49(76-54)43(65)38(63)30-57/h35-40,42-52,57-59,61-63,65-69H,4-33H2,1-3H3,(H,55,60)(H,56,64)(H,70,71). The molecule has 18 unspecified atom stereocenters. The molecule has 3 aliphatic heterocycles. The zero-order valence-electron chi connectivity index (χ0n) is 46.1. The maximum absolute atomic E-state index is 13.3. The Bertz CT molecular complexity index is 1600. The van der Waals surface area contributed by atoms with Gasteiger partial charge in [0.05, 0.1) is 50.7 Å². The van der Waals surface area contributed by atoms with Crippen molar-refractivity contribution in [2.45, 2.75) is 298 Å². The zero-order valence-corrected chi connectivity index (χ0v) is 46.1. The van der Waals surface area contributed by atoms with Gasteiger partial charge >= 0.3 is 5.97 Å². The van der Waals surface area contributed by atoms with Gasteiger partial charge in [0.15, 0.2) is 12.6 Å². The highest BCUT2D eigenvalue weighted by molar-refractivity contribution is 5.77. The molecular weight excluding hydrogens is 1010 g/mol. The molecule has 0 aliphatic carbocycles. The van der Waals surface area contributed by atoms with Gasteiger partial charge in [-0.3, -0.25) is 9.59 Å². The number of aliphatic carboxylic acids is 1. The Labute approximate surface area is 455 Å². The second-order valence-corrected chi connectivity index (χ2v) is 21.5. The minimum Gasteiger partial charge on any atom is -0.477 e. The average molecular weight is 1110 g/mol. The molecule has 14 N–H and O–H groups in total. The van der Waals surface area contributed by atoms with Gasteiger partial charge in [-0.1, -0.05) is 155 Å². The molecule has 0 saturated carbocycles. The highest BCUT2D eigenvalue weighted by atomic mass is 16.8. The van der Waals surface area contributed by atoms with Crippen LogP contribution in [0.1, 0.15) is 188 Å². The van der Waals surface area contributed by atoms with Crippen molar-refractivity contribution in [2.24, 2.45) is 0 Å². The molecular formula is C54H100N2O21. The van der Waals surface area contributed by atoms with Gasteiger partial charge in [-0.2, -0.15) is 0 Å². The number of aliphatic hydroxyl groups excluding tert-OH is 11. The minimum atomic E-state index is -3.07. The lowest BCUT2D eigenvalue weighted by Gasteiger charge is -2.50. The molecule has 2 amide bonds. The first-order valence-electron chi connectivity index (χ1n) is 28.9. The number of nitrogens with one attached hydrogen (secondary N) is 2. The molecule has 3 fully saturated rings. The van der Waals surface area contributed by atoms with Crippen LogP contribution in [-0.2, 0) is 42.8 Å². The van der Waals surface area contributed by atoms with E-state index < -0.39 is 148 Å². The first-order chi connectivity index (χ1) is 36.9. The van der Waals surface area contributed by atoms with E-state index in [0.29, 0.717) is 19.3 Å². The van der Waals surface area contributed by atoms with Crippen LogP contribution < -0.4 is 10.6 Å². The topological polar surface area (TPSA) is 373 Å². The highest BCUT2D eigenvalue weighted by Gasteiger charge is 2.60. The fourth-order valence-corrected chi connectivity index (χ4v) is 10.4. The SMILES string of the molecule is CCCCCCCCCCCCCCCCC(O)C(COC1OC(CO)C(OC2OC(CO)C(O)C(OC3(C(=O)O)CC(O)C(NC(C)=O)C(C(O)C(O)CO)O3)C2O)C(O)C1O)NC(=O)CCCCCCCCCCC. The Balaban J connectivity index is 1.69. The Hall–Kier alpha value is -2.27. The minimum absolute atomic E-state index is 0.226. The lowest BCUT2D eigenvalue weighted by molar-refractivity contribution is -0.386. The van der Waals surface area contributed by atoms with Crippen molar-refractivity contribution in [1.29, 1.82) is 0 Å². The number of hydrogen-bond acceptors (Lipinski definition) is 20. The van der Waals surface area contributed by atoms with Crippen molar-refractivity contribution in [3.63, 3.8) is 0 Å². The number of rotatable bonds is 41. The van der Waals surface area contributed by atoms with E-state index in [1.54, 1.807) is 0 Å². The van der Waals surface area contributed by atoms with Gasteiger partial charge in [0.1, 0.15) is 67.1 Å². The molecule has 23 nitrogen and oxygen atoms in total. The summed E-state index contributed by atoms with van der Waals surface area (Å²) in [6.45, 7) is 2.12. The molecule has 0 aromatic carbocycles. The predicted molar refractivity (Wildman–Crippen MR) is 278 cm³/mol. The Morgan fingerprint density at radius 2 is 1.13 bits per heavy atom. The van der Waals surface area contributed by atoms with Crippen LogP contribution in [-0.4, -0.2) is 215 Å². The van der Waals surface area contributed by atoms with E-state index in [1.165, 1.54) is 83.5 Å². The monoisotopic (exact) mass is 1110 g/mol. The van der Waals surface area contributed by atoms with Gasteiger partial charge in [0, 0.05) is 19.8 Å². The maximum atomic E-state index is 13.3. The summed E-state index contributed by atoms with van der Waals surface area (Å²) in [6, 6.07) is -2.52. The molecule has 3 rings (SSSR count). The van der Waals surface area contributed by atoms with Crippen LogP contribution in [0.15, 0.2) is 0 Å². The molecule has 3 saturated heterocycles. The summed E-state index contributed by atoms with van der Waals surface area (Å²) >= 11 is 0. The number of carbonyl (C=O) groups excluding carboxylic acids is 2. The molecule has 0 aromatic rings. The molecule has 3 heterocycles. The molecule has 0 bridgehead atoms. The number of aliphatic hydroxyl groups is 11. The van der Waals surface area contributed by atoms with Crippen LogP contribution in [0.5, 0.6) is 0 Å². The number of hydrogen-bond donors (Lipinski definition) is 14. The molecule has 23 heteroatoms. The van der Waals surface area contributed by atoms with Crippen molar-refractivity contribution >= 4 is 17.8 Å². The third-order valence-corrected chi connectivity index (χ3v) is 15.1. The van der Waals surface area contributed by atoms with Crippen LogP contribution in [0.25, 0.3) is 0 Å². The largest absolute Gasteiger partial charge is 0.477 e. The van der Waals surface area contributed by atoms with Crippen molar-refractivity contribution in [3.8, 4) is 0 Å². The first kappa shape index (κ1) is 69.0. The number of carboxylic acids is 1. The number of ether oxygens (including phenoxy) is 6.